The lowest BCUT2D eigenvalue weighted by Gasteiger charge is -2.40. The van der Waals surface area contributed by atoms with E-state index in [0.717, 1.165) is 30.9 Å². The van der Waals surface area contributed by atoms with Gasteiger partial charge in [-0.2, -0.15) is 11.8 Å². The van der Waals surface area contributed by atoms with E-state index in [1.807, 2.05) is 11.8 Å². The minimum absolute atomic E-state index is 0.346. The van der Waals surface area contributed by atoms with Crippen molar-refractivity contribution in [1.29, 1.82) is 0 Å². The van der Waals surface area contributed by atoms with Crippen LogP contribution in [-0.4, -0.2) is 59.3 Å². The zero-order chi connectivity index (χ0) is 10.7. The van der Waals surface area contributed by atoms with E-state index in [1.165, 1.54) is 0 Å². The van der Waals surface area contributed by atoms with Crippen LogP contribution >= 0.6 is 11.8 Å². The van der Waals surface area contributed by atoms with Gasteiger partial charge in [0.15, 0.2) is 0 Å². The van der Waals surface area contributed by atoms with Gasteiger partial charge in [0.05, 0.1) is 13.2 Å². The molecule has 2 heterocycles. The van der Waals surface area contributed by atoms with Crippen LogP contribution in [-0.2, 0) is 9.53 Å². The molecule has 2 aliphatic heterocycles. The second-order valence-electron chi connectivity index (χ2n) is 4.01. The Labute approximate surface area is 94.0 Å². The van der Waals surface area contributed by atoms with Gasteiger partial charge in [-0.05, 0) is 24.3 Å². The second kappa shape index (κ2) is 5.18. The Bertz CT molecular complexity index is 231. The topological polar surface area (TPSA) is 49.8 Å². The van der Waals surface area contributed by atoms with Crippen molar-refractivity contribution >= 4 is 17.7 Å². The molecular formula is C10H17NO3S. The van der Waals surface area contributed by atoms with E-state index < -0.39 is 12.0 Å². The van der Waals surface area contributed by atoms with E-state index in [0.29, 0.717) is 19.3 Å². The summed E-state index contributed by atoms with van der Waals surface area (Å²) >= 11 is 1.97. The molecule has 1 atom stereocenters. The van der Waals surface area contributed by atoms with E-state index in [4.69, 9.17) is 9.84 Å². The lowest BCUT2D eigenvalue weighted by molar-refractivity contribution is -0.151. The van der Waals surface area contributed by atoms with Crippen molar-refractivity contribution < 1.29 is 14.6 Å². The van der Waals surface area contributed by atoms with Gasteiger partial charge in [0, 0.05) is 12.6 Å². The van der Waals surface area contributed by atoms with Crippen LogP contribution in [0.2, 0.25) is 0 Å². The lowest BCUT2D eigenvalue weighted by Crippen LogP contribution is -2.55. The van der Waals surface area contributed by atoms with Gasteiger partial charge in [-0.1, -0.05) is 0 Å². The molecule has 0 aromatic rings. The first kappa shape index (κ1) is 11.2. The summed E-state index contributed by atoms with van der Waals surface area (Å²) in [6.45, 7) is 1.79. The molecule has 0 aliphatic carbocycles. The summed E-state index contributed by atoms with van der Waals surface area (Å²) in [6, 6.07) is 0.0306. The van der Waals surface area contributed by atoms with Crippen LogP contribution < -0.4 is 0 Å². The molecule has 1 unspecified atom stereocenters. The Kier molecular flexibility index (Phi) is 3.88. The summed E-state index contributed by atoms with van der Waals surface area (Å²) in [5, 5.41) is 9.11. The first-order chi connectivity index (χ1) is 7.29. The summed E-state index contributed by atoms with van der Waals surface area (Å²) in [4.78, 5) is 13.2. The number of carboxylic acids is 1. The van der Waals surface area contributed by atoms with Gasteiger partial charge >= 0.3 is 5.97 Å². The number of hydrogen-bond acceptors (Lipinski definition) is 4. The molecule has 86 valence electrons. The van der Waals surface area contributed by atoms with Gasteiger partial charge in [-0.15, -0.1) is 0 Å². The predicted molar refractivity (Wildman–Crippen MR) is 59.3 cm³/mol. The third-order valence-corrected chi connectivity index (χ3v) is 4.16. The summed E-state index contributed by atoms with van der Waals surface area (Å²) in [6.07, 6.45) is 2.24. The fourth-order valence-corrected chi connectivity index (χ4v) is 3.37. The molecule has 2 saturated heterocycles. The molecule has 5 heteroatoms. The fourth-order valence-electron chi connectivity index (χ4n) is 2.28. The molecule has 1 N–H and O–H groups in total. The van der Waals surface area contributed by atoms with E-state index in [1.54, 1.807) is 0 Å². The third-order valence-electron chi connectivity index (χ3n) is 3.11. The quantitative estimate of drug-likeness (QED) is 0.757. The highest BCUT2D eigenvalue weighted by molar-refractivity contribution is 7.99. The fraction of sp³-hybridized carbons (Fsp3) is 0.900. The van der Waals surface area contributed by atoms with E-state index >= 15 is 0 Å². The third kappa shape index (κ3) is 2.65. The second-order valence-corrected chi connectivity index (χ2v) is 5.24. The predicted octanol–water partition coefficient (Wildman–Crippen LogP) is 0.667. The van der Waals surface area contributed by atoms with Crippen molar-refractivity contribution in [2.24, 2.45) is 0 Å². The number of nitrogens with zero attached hydrogens (tertiary/aromatic N) is 1. The molecule has 4 nitrogen and oxygen atoms in total. The number of carbonyl (C=O) groups is 1. The highest BCUT2D eigenvalue weighted by Crippen LogP contribution is 2.24. The number of thioether (sulfide) groups is 1. The first-order valence-corrected chi connectivity index (χ1v) is 6.58. The number of ether oxygens (including phenoxy) is 1. The molecule has 2 rings (SSSR count). The summed E-state index contributed by atoms with van der Waals surface area (Å²) in [5.41, 5.74) is 0. The van der Waals surface area contributed by atoms with Crippen LogP contribution in [0, 0.1) is 0 Å². The summed E-state index contributed by atoms with van der Waals surface area (Å²) in [7, 11) is 0. The maximum atomic E-state index is 11.1. The largest absolute Gasteiger partial charge is 0.480 e. The van der Waals surface area contributed by atoms with E-state index in [-0.39, 0.29) is 0 Å². The zero-order valence-corrected chi connectivity index (χ0v) is 9.54. The van der Waals surface area contributed by atoms with Gasteiger partial charge in [0.25, 0.3) is 0 Å². The lowest BCUT2D eigenvalue weighted by atomic mass is 10.1. The molecule has 0 amide bonds. The van der Waals surface area contributed by atoms with Crippen molar-refractivity contribution in [2.45, 2.75) is 24.9 Å². The molecule has 2 aliphatic rings. The van der Waals surface area contributed by atoms with Crippen LogP contribution in [0.4, 0.5) is 0 Å². The Balaban J connectivity index is 1.99. The van der Waals surface area contributed by atoms with Crippen molar-refractivity contribution in [3.8, 4) is 0 Å². The SMILES string of the molecule is O=C(O)C1COCCN1C1CCSCC1. The number of hydrogen-bond donors (Lipinski definition) is 1. The zero-order valence-electron chi connectivity index (χ0n) is 8.72. The first-order valence-electron chi connectivity index (χ1n) is 5.43. The Hall–Kier alpha value is -0.260. The van der Waals surface area contributed by atoms with Crippen LogP contribution in [0.15, 0.2) is 0 Å². The number of rotatable bonds is 2. The van der Waals surface area contributed by atoms with Crippen molar-refractivity contribution in [3.63, 3.8) is 0 Å². The molecule has 0 aromatic carbocycles. The standard InChI is InChI=1S/C10H17NO3S/c12-10(13)9-7-14-4-3-11(9)8-1-5-15-6-2-8/h8-9H,1-7H2,(H,12,13). The Morgan fingerprint density at radius 1 is 1.40 bits per heavy atom. The maximum absolute atomic E-state index is 11.1. The molecule has 15 heavy (non-hydrogen) atoms. The number of morpholine rings is 1. The highest BCUT2D eigenvalue weighted by atomic mass is 32.2. The van der Waals surface area contributed by atoms with E-state index in [2.05, 4.69) is 4.90 Å². The van der Waals surface area contributed by atoms with Gasteiger partial charge in [0.1, 0.15) is 6.04 Å². The highest BCUT2D eigenvalue weighted by Gasteiger charge is 2.34. The average Bonchev–Trinajstić information content (AvgIpc) is 2.30. The van der Waals surface area contributed by atoms with Gasteiger partial charge in [-0.3, -0.25) is 9.69 Å². The molecule has 0 aromatic heterocycles. The smallest absolute Gasteiger partial charge is 0.323 e. The maximum Gasteiger partial charge on any atom is 0.323 e. The Morgan fingerprint density at radius 2 is 2.13 bits per heavy atom. The Morgan fingerprint density at radius 3 is 2.80 bits per heavy atom. The van der Waals surface area contributed by atoms with Crippen molar-refractivity contribution in [1.82, 2.24) is 4.90 Å². The number of aliphatic carboxylic acids is 1. The van der Waals surface area contributed by atoms with Crippen LogP contribution in [0.25, 0.3) is 0 Å². The average molecular weight is 231 g/mol. The van der Waals surface area contributed by atoms with Gasteiger partial charge in [-0.25, -0.2) is 0 Å². The minimum atomic E-state index is -0.743. The van der Waals surface area contributed by atoms with E-state index in [9.17, 15) is 4.79 Å². The number of carboxylic acid groups (broad SMARTS) is 1. The summed E-state index contributed by atoms with van der Waals surface area (Å²) in [5.74, 6) is 1.58. The molecule has 0 bridgehead atoms. The van der Waals surface area contributed by atoms with Crippen LogP contribution in [0.1, 0.15) is 12.8 Å². The van der Waals surface area contributed by atoms with Crippen molar-refractivity contribution in [2.75, 3.05) is 31.3 Å². The van der Waals surface area contributed by atoms with Crippen LogP contribution in [0.3, 0.4) is 0 Å². The molecular weight excluding hydrogens is 214 g/mol. The molecule has 0 radical (unpaired) electrons. The molecule has 2 fully saturated rings. The van der Waals surface area contributed by atoms with Crippen molar-refractivity contribution in [3.05, 3.63) is 0 Å². The minimum Gasteiger partial charge on any atom is -0.480 e. The monoisotopic (exact) mass is 231 g/mol. The normalized spacial score (nSPS) is 30.3. The molecule has 0 saturated carbocycles. The van der Waals surface area contributed by atoms with Gasteiger partial charge < -0.3 is 9.84 Å². The van der Waals surface area contributed by atoms with Gasteiger partial charge in [0.2, 0.25) is 0 Å². The van der Waals surface area contributed by atoms with Crippen LogP contribution in [0.5, 0.6) is 0 Å². The molecule has 0 spiro atoms. The summed E-state index contributed by atoms with van der Waals surface area (Å²) < 4.78 is 5.24.